The zero-order valence-electron chi connectivity index (χ0n) is 18.4. The Bertz CT molecular complexity index is 1260. The van der Waals surface area contributed by atoms with Gasteiger partial charge in [-0.2, -0.15) is 0 Å². The summed E-state index contributed by atoms with van der Waals surface area (Å²) in [5.74, 6) is -1.18. The van der Waals surface area contributed by atoms with Gasteiger partial charge in [-0.25, -0.2) is 0 Å². The molecule has 1 heterocycles. The summed E-state index contributed by atoms with van der Waals surface area (Å²) < 4.78 is 10.8. The molecule has 1 aliphatic rings. The molecule has 168 valence electrons. The van der Waals surface area contributed by atoms with Crippen LogP contribution in [0.2, 0.25) is 0 Å². The van der Waals surface area contributed by atoms with Crippen LogP contribution in [0.25, 0.3) is 5.76 Å². The summed E-state index contributed by atoms with van der Waals surface area (Å²) in [6.45, 7) is 1.85. The van der Waals surface area contributed by atoms with E-state index in [-0.39, 0.29) is 17.1 Å². The molecule has 0 bridgehead atoms. The summed E-state index contributed by atoms with van der Waals surface area (Å²) >= 11 is 0. The number of methoxy groups -OCH3 is 2. The van der Waals surface area contributed by atoms with Gasteiger partial charge < -0.3 is 19.7 Å². The van der Waals surface area contributed by atoms with Crippen molar-refractivity contribution in [1.82, 2.24) is 0 Å². The molecule has 1 fully saturated rings. The Labute approximate surface area is 191 Å². The third-order valence-electron chi connectivity index (χ3n) is 5.61. The smallest absolute Gasteiger partial charge is 0.300 e. The van der Waals surface area contributed by atoms with Gasteiger partial charge in [0.25, 0.3) is 11.7 Å². The van der Waals surface area contributed by atoms with Gasteiger partial charge in [0.1, 0.15) is 23.0 Å². The second kappa shape index (κ2) is 8.70. The number of hydrogen-bond donors (Lipinski definition) is 2. The number of nitrogens with zero attached hydrogens (tertiary/aromatic N) is 1. The van der Waals surface area contributed by atoms with Crippen LogP contribution in [0.15, 0.2) is 72.3 Å². The maximum Gasteiger partial charge on any atom is 0.300 e. The number of carbonyl (C=O) groups is 2. The molecule has 1 atom stereocenters. The minimum absolute atomic E-state index is 0.0355. The molecule has 0 saturated carbocycles. The SMILES string of the molecule is COc1ccc(C)cc1/C(O)=C1\C(=O)C(=O)N(c2ccccc2OC)C1c1ccc(O)cc1. The molecular weight excluding hydrogens is 422 g/mol. The Balaban J connectivity index is 2.01. The Morgan fingerprint density at radius 1 is 0.909 bits per heavy atom. The summed E-state index contributed by atoms with van der Waals surface area (Å²) in [6, 6.07) is 17.2. The van der Waals surface area contributed by atoms with E-state index < -0.39 is 17.7 Å². The van der Waals surface area contributed by atoms with Crippen LogP contribution >= 0.6 is 0 Å². The van der Waals surface area contributed by atoms with E-state index in [4.69, 9.17) is 9.47 Å². The lowest BCUT2D eigenvalue weighted by Gasteiger charge is -2.27. The number of phenolic OH excluding ortho intramolecular Hbond substituents is 1. The van der Waals surface area contributed by atoms with Gasteiger partial charge in [0, 0.05) is 0 Å². The van der Waals surface area contributed by atoms with Gasteiger partial charge in [0.05, 0.1) is 37.1 Å². The molecule has 2 N–H and O–H groups in total. The fraction of sp³-hybridized carbons (Fsp3) is 0.154. The number of anilines is 1. The summed E-state index contributed by atoms with van der Waals surface area (Å²) in [6.07, 6.45) is 0. The van der Waals surface area contributed by atoms with Crippen molar-refractivity contribution in [1.29, 1.82) is 0 Å². The van der Waals surface area contributed by atoms with Crippen molar-refractivity contribution in [3.05, 3.63) is 89.0 Å². The molecule has 33 heavy (non-hydrogen) atoms. The first-order valence-corrected chi connectivity index (χ1v) is 10.2. The average Bonchev–Trinajstić information content (AvgIpc) is 3.09. The highest BCUT2D eigenvalue weighted by Crippen LogP contribution is 2.45. The molecular formula is C26H23NO6. The first-order chi connectivity index (χ1) is 15.9. The second-order valence-electron chi connectivity index (χ2n) is 7.64. The fourth-order valence-corrected chi connectivity index (χ4v) is 4.03. The Hall–Kier alpha value is -4.26. The van der Waals surface area contributed by atoms with Gasteiger partial charge in [0.15, 0.2) is 0 Å². The van der Waals surface area contributed by atoms with Gasteiger partial charge in [-0.3, -0.25) is 14.5 Å². The Morgan fingerprint density at radius 2 is 1.58 bits per heavy atom. The van der Waals surface area contributed by atoms with Crippen molar-refractivity contribution in [2.45, 2.75) is 13.0 Å². The first kappa shape index (κ1) is 22.0. The minimum atomic E-state index is -0.952. The van der Waals surface area contributed by atoms with Crippen molar-refractivity contribution in [3.63, 3.8) is 0 Å². The number of ketones is 1. The quantitative estimate of drug-likeness (QED) is 0.345. The van der Waals surface area contributed by atoms with E-state index in [1.54, 1.807) is 48.5 Å². The van der Waals surface area contributed by atoms with Crippen molar-refractivity contribution < 1.29 is 29.3 Å². The van der Waals surface area contributed by atoms with Gasteiger partial charge >= 0.3 is 0 Å². The Morgan fingerprint density at radius 3 is 2.24 bits per heavy atom. The number of phenols is 1. The number of ether oxygens (including phenoxy) is 2. The number of aromatic hydroxyl groups is 1. The number of Topliss-reactive ketones (excluding diaryl/α,β-unsaturated/α-hetero) is 1. The standard InChI is InChI=1S/C26H23NO6/c1-15-8-13-20(32-2)18(14-15)24(29)22-23(16-9-11-17(28)12-10-16)27(26(31)25(22)30)19-6-4-5-7-21(19)33-3/h4-14,23,28-29H,1-3H3/b24-22+. The maximum atomic E-state index is 13.3. The van der Waals surface area contributed by atoms with E-state index >= 15 is 0 Å². The Kier molecular flexibility index (Phi) is 5.79. The van der Waals surface area contributed by atoms with Crippen LogP contribution in [0.5, 0.6) is 17.2 Å². The van der Waals surface area contributed by atoms with Gasteiger partial charge in [-0.05, 0) is 48.9 Å². The highest BCUT2D eigenvalue weighted by molar-refractivity contribution is 6.52. The normalized spacial score (nSPS) is 17.3. The molecule has 0 aromatic heterocycles. The van der Waals surface area contributed by atoms with Crippen LogP contribution in [0.3, 0.4) is 0 Å². The topological polar surface area (TPSA) is 96.3 Å². The summed E-state index contributed by atoms with van der Waals surface area (Å²) in [5.41, 5.74) is 1.98. The van der Waals surface area contributed by atoms with E-state index in [0.717, 1.165) is 5.56 Å². The third-order valence-corrected chi connectivity index (χ3v) is 5.61. The molecule has 3 aromatic rings. The highest BCUT2D eigenvalue weighted by atomic mass is 16.5. The second-order valence-corrected chi connectivity index (χ2v) is 7.64. The maximum absolute atomic E-state index is 13.3. The van der Waals surface area contributed by atoms with Crippen LogP contribution in [0.4, 0.5) is 5.69 Å². The lowest BCUT2D eigenvalue weighted by atomic mass is 9.94. The van der Waals surface area contributed by atoms with E-state index in [0.29, 0.717) is 28.3 Å². The number of amides is 1. The first-order valence-electron chi connectivity index (χ1n) is 10.2. The molecule has 1 aliphatic heterocycles. The molecule has 0 aliphatic carbocycles. The zero-order chi connectivity index (χ0) is 23.7. The molecule has 0 radical (unpaired) electrons. The number of aliphatic hydroxyl groups excluding tert-OH is 1. The van der Waals surface area contributed by atoms with Crippen LogP contribution in [-0.2, 0) is 9.59 Å². The largest absolute Gasteiger partial charge is 0.508 e. The monoisotopic (exact) mass is 445 g/mol. The van der Waals surface area contributed by atoms with Crippen molar-refractivity contribution in [2.75, 3.05) is 19.1 Å². The lowest BCUT2D eigenvalue weighted by Crippen LogP contribution is -2.29. The van der Waals surface area contributed by atoms with E-state index in [2.05, 4.69) is 0 Å². The molecule has 7 nitrogen and oxygen atoms in total. The number of rotatable bonds is 5. The fourth-order valence-electron chi connectivity index (χ4n) is 4.03. The van der Waals surface area contributed by atoms with E-state index in [1.807, 2.05) is 13.0 Å². The van der Waals surface area contributed by atoms with Gasteiger partial charge in [-0.1, -0.05) is 35.9 Å². The van der Waals surface area contributed by atoms with Crippen LogP contribution in [0.1, 0.15) is 22.7 Å². The summed E-state index contributed by atoms with van der Waals surface area (Å²) in [5, 5.41) is 21.1. The number of carbonyl (C=O) groups excluding carboxylic acids is 2. The third kappa shape index (κ3) is 3.78. The van der Waals surface area contributed by atoms with Gasteiger partial charge in [0.2, 0.25) is 0 Å². The summed E-state index contributed by atoms with van der Waals surface area (Å²) in [7, 11) is 2.94. The molecule has 0 spiro atoms. The summed E-state index contributed by atoms with van der Waals surface area (Å²) in [4.78, 5) is 27.9. The number of aryl methyl sites for hydroxylation is 1. The number of hydrogen-bond acceptors (Lipinski definition) is 6. The van der Waals surface area contributed by atoms with Crippen molar-refractivity contribution in [3.8, 4) is 17.2 Å². The predicted molar refractivity (Wildman–Crippen MR) is 124 cm³/mol. The molecule has 3 aromatic carbocycles. The number of para-hydroxylation sites is 2. The molecule has 1 saturated heterocycles. The number of benzene rings is 3. The van der Waals surface area contributed by atoms with Gasteiger partial charge in [-0.15, -0.1) is 0 Å². The average molecular weight is 445 g/mol. The zero-order valence-corrected chi connectivity index (χ0v) is 18.4. The van der Waals surface area contributed by atoms with Crippen molar-refractivity contribution >= 4 is 23.1 Å². The van der Waals surface area contributed by atoms with Crippen LogP contribution < -0.4 is 14.4 Å². The lowest BCUT2D eigenvalue weighted by molar-refractivity contribution is -0.132. The highest BCUT2D eigenvalue weighted by Gasteiger charge is 2.48. The molecule has 4 rings (SSSR count). The van der Waals surface area contributed by atoms with Crippen molar-refractivity contribution in [2.24, 2.45) is 0 Å². The minimum Gasteiger partial charge on any atom is -0.508 e. The van der Waals surface area contributed by atoms with Crippen LogP contribution in [-0.4, -0.2) is 36.1 Å². The van der Waals surface area contributed by atoms with E-state index in [1.165, 1.54) is 31.3 Å². The molecule has 7 heteroatoms. The van der Waals surface area contributed by atoms with Crippen LogP contribution in [0, 0.1) is 6.92 Å². The predicted octanol–water partition coefficient (Wildman–Crippen LogP) is 4.34. The van der Waals surface area contributed by atoms with E-state index in [9.17, 15) is 19.8 Å². The number of aliphatic hydroxyl groups is 1. The molecule has 1 unspecified atom stereocenters. The molecule has 1 amide bonds.